The summed E-state index contributed by atoms with van der Waals surface area (Å²) in [7, 11) is 0. The Labute approximate surface area is 225 Å². The Balaban J connectivity index is 1.33. The van der Waals surface area contributed by atoms with Gasteiger partial charge in [0.25, 0.3) is 5.91 Å². The first-order valence-corrected chi connectivity index (χ1v) is 12.4. The SMILES string of the molecule is CC1=C(C(=O)Nc2ccc(Oc3ccnc4c3CNC(=O)N4)c(F)c2)CN(c2ccccc2)N1CC(C)(C)O. The van der Waals surface area contributed by atoms with Crippen molar-refractivity contribution in [3.8, 4) is 11.5 Å². The molecule has 0 fully saturated rings. The zero-order chi connectivity index (χ0) is 27.7. The Bertz CT molecular complexity index is 1450. The van der Waals surface area contributed by atoms with E-state index in [1.54, 1.807) is 26.0 Å². The molecule has 0 saturated carbocycles. The van der Waals surface area contributed by atoms with Gasteiger partial charge in [0.15, 0.2) is 11.6 Å². The lowest BCUT2D eigenvalue weighted by Crippen LogP contribution is -2.45. The zero-order valence-electron chi connectivity index (χ0n) is 21.8. The molecule has 0 bridgehead atoms. The molecule has 10 nitrogen and oxygen atoms in total. The number of hydrogen-bond donors (Lipinski definition) is 4. The standard InChI is InChI=1S/C28H29FN6O4/c1-17-21(15-34(19-7-5-4-6-8-19)35(17)16-28(2,3)38)26(36)32-18-9-10-24(22(29)13-18)39-23-11-12-30-25-20(23)14-31-27(37)33-25/h4-13,38H,14-16H2,1-3H3,(H,32,36)(H2,30,31,33,37). The number of hydrazine groups is 1. The number of urea groups is 1. The van der Waals surface area contributed by atoms with E-state index in [9.17, 15) is 14.7 Å². The lowest BCUT2D eigenvalue weighted by molar-refractivity contribution is -0.112. The zero-order valence-corrected chi connectivity index (χ0v) is 21.8. The normalized spacial score (nSPS) is 15.1. The van der Waals surface area contributed by atoms with E-state index in [4.69, 9.17) is 4.74 Å². The minimum absolute atomic E-state index is 0.0406. The number of aliphatic hydroxyl groups is 1. The van der Waals surface area contributed by atoms with Crippen molar-refractivity contribution in [2.45, 2.75) is 32.9 Å². The number of hydrogen-bond acceptors (Lipinski definition) is 7. The third-order valence-electron chi connectivity index (χ3n) is 6.37. The van der Waals surface area contributed by atoms with Crippen LogP contribution in [0, 0.1) is 5.82 Å². The van der Waals surface area contributed by atoms with Gasteiger partial charge in [-0.05, 0) is 51.1 Å². The molecule has 3 heterocycles. The van der Waals surface area contributed by atoms with Crippen LogP contribution in [0.1, 0.15) is 26.3 Å². The highest BCUT2D eigenvalue weighted by Gasteiger charge is 2.34. The van der Waals surface area contributed by atoms with Gasteiger partial charge in [-0.2, -0.15) is 0 Å². The van der Waals surface area contributed by atoms with Crippen molar-refractivity contribution >= 4 is 29.1 Å². The number of amides is 3. The minimum Gasteiger partial charge on any atom is -0.454 e. The summed E-state index contributed by atoms with van der Waals surface area (Å²) < 4.78 is 20.8. The summed E-state index contributed by atoms with van der Waals surface area (Å²) in [6, 6.07) is 15.0. The number of benzene rings is 2. The molecule has 0 atom stereocenters. The number of carbonyl (C=O) groups is 2. The number of para-hydroxylation sites is 1. The first-order valence-electron chi connectivity index (χ1n) is 12.4. The van der Waals surface area contributed by atoms with E-state index in [2.05, 4.69) is 20.9 Å². The van der Waals surface area contributed by atoms with Crippen molar-refractivity contribution in [1.82, 2.24) is 15.3 Å². The van der Waals surface area contributed by atoms with Crippen LogP contribution in [0.4, 0.5) is 26.4 Å². The van der Waals surface area contributed by atoms with Crippen LogP contribution < -0.4 is 25.7 Å². The molecule has 4 N–H and O–H groups in total. The fourth-order valence-electron chi connectivity index (χ4n) is 4.48. The molecule has 3 aromatic rings. The number of β-amino-alcohol motifs (C(OH)–C–C–N with tert-alkyl or cyclic N) is 1. The quantitative estimate of drug-likeness (QED) is 0.357. The Hall–Kier alpha value is -4.64. The second kappa shape index (κ2) is 10.3. The average molecular weight is 533 g/mol. The monoisotopic (exact) mass is 532 g/mol. The van der Waals surface area contributed by atoms with E-state index in [1.165, 1.54) is 18.3 Å². The summed E-state index contributed by atoms with van der Waals surface area (Å²) in [6.07, 6.45) is 1.46. The Morgan fingerprint density at radius 2 is 1.95 bits per heavy atom. The lowest BCUT2D eigenvalue weighted by atomic mass is 10.1. The van der Waals surface area contributed by atoms with Gasteiger partial charge < -0.3 is 20.5 Å². The summed E-state index contributed by atoms with van der Waals surface area (Å²) in [5, 5.41) is 22.3. The fourth-order valence-corrected chi connectivity index (χ4v) is 4.48. The molecule has 2 aromatic carbocycles. The molecule has 11 heteroatoms. The highest BCUT2D eigenvalue weighted by molar-refractivity contribution is 6.05. The maximum atomic E-state index is 15.0. The molecule has 3 amide bonds. The summed E-state index contributed by atoms with van der Waals surface area (Å²) in [5.41, 5.74) is 1.93. The summed E-state index contributed by atoms with van der Waals surface area (Å²) >= 11 is 0. The summed E-state index contributed by atoms with van der Waals surface area (Å²) in [6.45, 7) is 6.01. The van der Waals surface area contributed by atoms with Gasteiger partial charge in [0.2, 0.25) is 0 Å². The van der Waals surface area contributed by atoms with Crippen LogP contribution in [0.25, 0.3) is 0 Å². The third-order valence-corrected chi connectivity index (χ3v) is 6.37. The van der Waals surface area contributed by atoms with Gasteiger partial charge in [-0.15, -0.1) is 0 Å². The van der Waals surface area contributed by atoms with Crippen molar-refractivity contribution in [3.63, 3.8) is 0 Å². The minimum atomic E-state index is -1.01. The second-order valence-corrected chi connectivity index (χ2v) is 9.97. The molecule has 0 aliphatic carbocycles. The number of nitrogens with zero attached hydrogens (tertiary/aromatic N) is 3. The van der Waals surface area contributed by atoms with Crippen molar-refractivity contribution in [2.24, 2.45) is 0 Å². The number of allylic oxidation sites excluding steroid dienone is 1. The van der Waals surface area contributed by atoms with Crippen molar-refractivity contribution in [3.05, 3.63) is 83.4 Å². The number of aromatic nitrogens is 1. The Morgan fingerprint density at radius 3 is 2.67 bits per heavy atom. The predicted octanol–water partition coefficient (Wildman–Crippen LogP) is 4.37. The average Bonchev–Trinajstić information content (AvgIpc) is 3.20. The van der Waals surface area contributed by atoms with E-state index < -0.39 is 11.4 Å². The van der Waals surface area contributed by atoms with E-state index in [-0.39, 0.29) is 36.5 Å². The highest BCUT2D eigenvalue weighted by atomic mass is 19.1. The van der Waals surface area contributed by atoms with Crippen LogP contribution in [-0.4, -0.2) is 45.7 Å². The van der Waals surface area contributed by atoms with E-state index in [0.717, 1.165) is 5.69 Å². The third kappa shape index (κ3) is 5.63. The smallest absolute Gasteiger partial charge is 0.320 e. The number of nitrogens with one attached hydrogen (secondary N) is 3. The van der Waals surface area contributed by atoms with Crippen molar-refractivity contribution in [2.75, 3.05) is 28.7 Å². The van der Waals surface area contributed by atoms with E-state index in [0.29, 0.717) is 34.9 Å². The van der Waals surface area contributed by atoms with E-state index in [1.807, 2.05) is 47.3 Å². The van der Waals surface area contributed by atoms with Crippen LogP contribution in [0.15, 0.2) is 72.1 Å². The van der Waals surface area contributed by atoms with Gasteiger partial charge in [0.1, 0.15) is 11.6 Å². The molecule has 5 rings (SSSR count). The number of ether oxygens (including phenoxy) is 1. The molecule has 0 unspecified atom stereocenters. The molecule has 0 saturated heterocycles. The number of pyridine rings is 1. The molecular formula is C28H29FN6O4. The van der Waals surface area contributed by atoms with Crippen LogP contribution in [0.5, 0.6) is 11.5 Å². The second-order valence-electron chi connectivity index (χ2n) is 9.97. The van der Waals surface area contributed by atoms with Crippen LogP contribution in [0.2, 0.25) is 0 Å². The maximum Gasteiger partial charge on any atom is 0.320 e. The van der Waals surface area contributed by atoms with Gasteiger partial charge in [0.05, 0.1) is 42.1 Å². The number of halogens is 1. The highest BCUT2D eigenvalue weighted by Crippen LogP contribution is 2.34. The van der Waals surface area contributed by atoms with Crippen LogP contribution in [-0.2, 0) is 11.3 Å². The number of rotatable bonds is 7. The summed E-state index contributed by atoms with van der Waals surface area (Å²) in [5.74, 6) is -0.379. The first kappa shape index (κ1) is 26.0. The molecule has 202 valence electrons. The first-order chi connectivity index (χ1) is 18.6. The van der Waals surface area contributed by atoms with Gasteiger partial charge >= 0.3 is 6.03 Å². The Morgan fingerprint density at radius 1 is 1.18 bits per heavy atom. The molecule has 0 spiro atoms. The molecular weight excluding hydrogens is 503 g/mol. The van der Waals surface area contributed by atoms with Crippen LogP contribution in [0.3, 0.4) is 0 Å². The topological polar surface area (TPSA) is 119 Å². The molecule has 2 aliphatic rings. The number of fused-ring (bicyclic) bond motifs is 1. The molecule has 39 heavy (non-hydrogen) atoms. The van der Waals surface area contributed by atoms with E-state index >= 15 is 4.39 Å². The fraction of sp³-hybridized carbons (Fsp3) is 0.250. The molecule has 1 aromatic heterocycles. The van der Waals surface area contributed by atoms with Gasteiger partial charge in [-0.1, -0.05) is 18.2 Å². The molecule has 2 aliphatic heterocycles. The summed E-state index contributed by atoms with van der Waals surface area (Å²) in [4.78, 5) is 29.0. The largest absolute Gasteiger partial charge is 0.454 e. The van der Waals surface area contributed by atoms with Gasteiger partial charge in [-0.3, -0.25) is 20.1 Å². The molecule has 0 radical (unpaired) electrons. The number of anilines is 3. The van der Waals surface area contributed by atoms with Crippen molar-refractivity contribution < 1.29 is 23.8 Å². The number of carbonyl (C=O) groups excluding carboxylic acids is 2. The maximum absolute atomic E-state index is 15.0. The predicted molar refractivity (Wildman–Crippen MR) is 145 cm³/mol. The van der Waals surface area contributed by atoms with Crippen LogP contribution >= 0.6 is 0 Å². The van der Waals surface area contributed by atoms with Gasteiger partial charge in [-0.25, -0.2) is 14.2 Å². The lowest BCUT2D eigenvalue weighted by Gasteiger charge is -2.36. The van der Waals surface area contributed by atoms with Crippen molar-refractivity contribution in [1.29, 1.82) is 0 Å². The Kier molecular flexibility index (Phi) is 6.83. The van der Waals surface area contributed by atoms with Gasteiger partial charge in [0, 0.05) is 23.6 Å².